The minimum Gasteiger partial charge on any atom is -0.481 e. The van der Waals surface area contributed by atoms with Crippen LogP contribution in [-0.4, -0.2) is 29.1 Å². The summed E-state index contributed by atoms with van der Waals surface area (Å²) in [6, 6.07) is 3.42. The fourth-order valence-electron chi connectivity index (χ4n) is 1.14. The van der Waals surface area contributed by atoms with E-state index in [9.17, 15) is 9.59 Å². The van der Waals surface area contributed by atoms with Crippen LogP contribution in [0, 0.1) is 0 Å². The van der Waals surface area contributed by atoms with Gasteiger partial charge in [-0.25, -0.2) is 4.79 Å². The summed E-state index contributed by atoms with van der Waals surface area (Å²) in [5.74, 6) is -1.73. The number of methoxy groups -OCH3 is 1. The molecule has 0 spiro atoms. The number of carbonyl (C=O) groups is 2. The molecule has 0 saturated carbocycles. The van der Waals surface area contributed by atoms with E-state index < -0.39 is 11.9 Å². The molecule has 0 fully saturated rings. The molecule has 1 heterocycles. The van der Waals surface area contributed by atoms with Crippen LogP contribution in [-0.2, 0) is 14.3 Å². The van der Waals surface area contributed by atoms with E-state index in [1.54, 1.807) is 18.3 Å². The highest BCUT2D eigenvalue weighted by molar-refractivity contribution is 5.97. The summed E-state index contributed by atoms with van der Waals surface area (Å²) in [4.78, 5) is 25.7. The Labute approximate surface area is 92.4 Å². The molecule has 1 aromatic rings. The smallest absolute Gasteiger partial charge is 0.334 e. The van der Waals surface area contributed by atoms with E-state index in [0.29, 0.717) is 5.56 Å². The molecule has 0 aliphatic carbocycles. The van der Waals surface area contributed by atoms with Crippen molar-refractivity contribution in [2.75, 3.05) is 7.11 Å². The van der Waals surface area contributed by atoms with E-state index in [0.717, 1.165) is 0 Å². The Bertz CT molecular complexity index is 411. The number of esters is 1. The van der Waals surface area contributed by atoms with E-state index in [4.69, 9.17) is 5.11 Å². The number of aliphatic carboxylic acids is 1. The highest BCUT2D eigenvalue weighted by Crippen LogP contribution is 2.10. The van der Waals surface area contributed by atoms with Crippen molar-refractivity contribution >= 4 is 18.0 Å². The number of nitrogens with zero attached hydrogens (tertiary/aromatic N) is 1. The normalized spacial score (nSPS) is 10.9. The molecule has 0 unspecified atom stereocenters. The number of carboxylic acid groups (broad SMARTS) is 1. The van der Waals surface area contributed by atoms with Crippen LogP contribution in [0.4, 0.5) is 0 Å². The summed E-state index contributed by atoms with van der Waals surface area (Å²) in [6.45, 7) is 0. The molecule has 0 aromatic carbocycles. The molecule has 1 rings (SSSR count). The molecule has 0 amide bonds. The van der Waals surface area contributed by atoms with Gasteiger partial charge >= 0.3 is 11.9 Å². The van der Waals surface area contributed by atoms with E-state index >= 15 is 0 Å². The largest absolute Gasteiger partial charge is 0.481 e. The van der Waals surface area contributed by atoms with Crippen molar-refractivity contribution in [3.05, 3.63) is 35.7 Å². The zero-order chi connectivity index (χ0) is 12.0. The average molecular weight is 221 g/mol. The number of ether oxygens (including phenoxy) is 1. The molecule has 0 saturated heterocycles. The lowest BCUT2D eigenvalue weighted by molar-refractivity contribution is -0.141. The molecule has 0 aliphatic heterocycles. The average Bonchev–Trinajstić information content (AvgIpc) is 2.28. The molecular formula is C11H11NO4. The summed E-state index contributed by atoms with van der Waals surface area (Å²) < 4.78 is 4.49. The van der Waals surface area contributed by atoms with Crippen molar-refractivity contribution in [1.82, 2.24) is 4.98 Å². The third kappa shape index (κ3) is 3.53. The number of hydrogen-bond donors (Lipinski definition) is 1. The predicted octanol–water partition coefficient (Wildman–Crippen LogP) is 1.11. The first-order chi connectivity index (χ1) is 7.63. The van der Waals surface area contributed by atoms with E-state index in [-0.39, 0.29) is 12.0 Å². The van der Waals surface area contributed by atoms with E-state index in [1.807, 2.05) is 0 Å². The number of hydrogen-bond acceptors (Lipinski definition) is 4. The Hall–Kier alpha value is -2.17. The topological polar surface area (TPSA) is 76.5 Å². The summed E-state index contributed by atoms with van der Waals surface area (Å²) in [6.07, 6.45) is 4.20. The quantitative estimate of drug-likeness (QED) is 0.608. The van der Waals surface area contributed by atoms with E-state index in [2.05, 4.69) is 9.72 Å². The van der Waals surface area contributed by atoms with Gasteiger partial charge in [0.25, 0.3) is 0 Å². The van der Waals surface area contributed by atoms with Crippen LogP contribution < -0.4 is 0 Å². The van der Waals surface area contributed by atoms with Gasteiger partial charge in [-0.3, -0.25) is 9.78 Å². The monoisotopic (exact) mass is 221 g/mol. The Balaban J connectivity index is 2.96. The van der Waals surface area contributed by atoms with Gasteiger partial charge in [0.15, 0.2) is 0 Å². The molecule has 0 bridgehead atoms. The van der Waals surface area contributed by atoms with Crippen molar-refractivity contribution < 1.29 is 19.4 Å². The van der Waals surface area contributed by atoms with Gasteiger partial charge in [0.05, 0.1) is 13.5 Å². The maximum Gasteiger partial charge on any atom is 0.334 e. The van der Waals surface area contributed by atoms with Crippen LogP contribution in [0.5, 0.6) is 0 Å². The summed E-state index contributed by atoms with van der Waals surface area (Å²) >= 11 is 0. The predicted molar refractivity (Wildman–Crippen MR) is 56.5 cm³/mol. The minimum atomic E-state index is -1.08. The summed E-state index contributed by atoms with van der Waals surface area (Å²) in [7, 11) is 1.21. The van der Waals surface area contributed by atoms with Crippen LogP contribution >= 0.6 is 0 Å². The zero-order valence-corrected chi connectivity index (χ0v) is 8.71. The van der Waals surface area contributed by atoms with Crippen LogP contribution in [0.25, 0.3) is 6.08 Å². The molecule has 16 heavy (non-hydrogen) atoms. The maximum atomic E-state index is 11.3. The van der Waals surface area contributed by atoms with Gasteiger partial charge in [-0.15, -0.1) is 0 Å². The molecule has 84 valence electrons. The fraction of sp³-hybridized carbons (Fsp3) is 0.182. The fourth-order valence-corrected chi connectivity index (χ4v) is 1.14. The van der Waals surface area contributed by atoms with Gasteiger partial charge in [-0.2, -0.15) is 0 Å². The highest BCUT2D eigenvalue weighted by atomic mass is 16.5. The second-order valence-corrected chi connectivity index (χ2v) is 3.02. The van der Waals surface area contributed by atoms with Crippen molar-refractivity contribution in [1.29, 1.82) is 0 Å². The van der Waals surface area contributed by atoms with Gasteiger partial charge < -0.3 is 9.84 Å². The first-order valence-corrected chi connectivity index (χ1v) is 4.54. The third-order valence-corrected chi connectivity index (χ3v) is 1.81. The lowest BCUT2D eigenvalue weighted by Crippen LogP contribution is -2.09. The third-order valence-electron chi connectivity index (χ3n) is 1.81. The first-order valence-electron chi connectivity index (χ1n) is 4.54. The highest BCUT2D eigenvalue weighted by Gasteiger charge is 2.13. The van der Waals surface area contributed by atoms with Crippen molar-refractivity contribution in [2.24, 2.45) is 0 Å². The standard InChI is InChI=1S/C11H11NO4/c1-16-11(15)9(6-10(13)14)5-8-3-2-4-12-7-8/h2-5,7H,6H2,1H3,(H,13,14)/b9-5+. The van der Waals surface area contributed by atoms with Crippen molar-refractivity contribution in [2.45, 2.75) is 6.42 Å². The lowest BCUT2D eigenvalue weighted by atomic mass is 10.1. The lowest BCUT2D eigenvalue weighted by Gasteiger charge is -2.02. The van der Waals surface area contributed by atoms with E-state index in [1.165, 1.54) is 19.4 Å². The second-order valence-electron chi connectivity index (χ2n) is 3.02. The SMILES string of the molecule is COC(=O)/C(=C/c1cccnc1)CC(=O)O. The first kappa shape index (κ1) is 11.9. The van der Waals surface area contributed by atoms with Gasteiger partial charge in [0.1, 0.15) is 0 Å². The molecule has 0 radical (unpaired) electrons. The van der Waals surface area contributed by atoms with Crippen LogP contribution in [0.2, 0.25) is 0 Å². The second kappa shape index (κ2) is 5.65. The van der Waals surface area contributed by atoms with Gasteiger partial charge in [0.2, 0.25) is 0 Å². The summed E-state index contributed by atoms with van der Waals surface area (Å²) in [5, 5.41) is 8.64. The van der Waals surface area contributed by atoms with Gasteiger partial charge in [0, 0.05) is 18.0 Å². The molecule has 5 heteroatoms. The number of carbonyl (C=O) groups excluding carboxylic acids is 1. The number of pyridine rings is 1. The molecule has 5 nitrogen and oxygen atoms in total. The summed E-state index contributed by atoms with van der Waals surface area (Å²) in [5.41, 5.74) is 0.743. The Morgan fingerprint density at radius 1 is 1.56 bits per heavy atom. The van der Waals surface area contributed by atoms with Crippen molar-refractivity contribution in [3.63, 3.8) is 0 Å². The minimum absolute atomic E-state index is 0.0861. The molecule has 0 aliphatic rings. The Kier molecular flexibility index (Phi) is 4.20. The van der Waals surface area contributed by atoms with Gasteiger partial charge in [-0.05, 0) is 17.7 Å². The van der Waals surface area contributed by atoms with Crippen LogP contribution in [0.3, 0.4) is 0 Å². The molecule has 1 N–H and O–H groups in total. The molecule has 0 atom stereocenters. The zero-order valence-electron chi connectivity index (χ0n) is 8.71. The molecule has 1 aromatic heterocycles. The molecular weight excluding hydrogens is 210 g/mol. The Morgan fingerprint density at radius 3 is 2.81 bits per heavy atom. The number of rotatable bonds is 4. The van der Waals surface area contributed by atoms with Crippen molar-refractivity contribution in [3.8, 4) is 0 Å². The maximum absolute atomic E-state index is 11.3. The Morgan fingerprint density at radius 2 is 2.31 bits per heavy atom. The van der Waals surface area contributed by atoms with Crippen LogP contribution in [0.15, 0.2) is 30.1 Å². The van der Waals surface area contributed by atoms with Crippen LogP contribution in [0.1, 0.15) is 12.0 Å². The van der Waals surface area contributed by atoms with Gasteiger partial charge in [-0.1, -0.05) is 6.07 Å². The number of aromatic nitrogens is 1. The number of carboxylic acids is 1.